The van der Waals surface area contributed by atoms with Crippen LogP contribution >= 0.6 is 0 Å². The Balaban J connectivity index is 1.96. The molecular weight excluding hydrogens is 252 g/mol. The van der Waals surface area contributed by atoms with Crippen LogP contribution in [0.3, 0.4) is 0 Å². The van der Waals surface area contributed by atoms with E-state index in [1.807, 2.05) is 37.3 Å². The number of aromatic hydroxyl groups is 1. The monoisotopic (exact) mass is 270 g/mol. The number of aliphatic imine (C=N–C) groups is 1. The molecule has 1 aromatic carbocycles. The van der Waals surface area contributed by atoms with Crippen molar-refractivity contribution < 1.29 is 9.84 Å². The molecule has 0 aliphatic carbocycles. The molecule has 1 N–H and O–H groups in total. The molecule has 0 saturated heterocycles. The molecule has 0 amide bonds. The number of phenolic OH excluding ortho intramolecular Hbond substituents is 1. The number of ether oxygens (including phenoxy) is 1. The van der Waals surface area contributed by atoms with Crippen LogP contribution in [0.4, 0.5) is 0 Å². The molecule has 0 aliphatic heterocycles. The summed E-state index contributed by atoms with van der Waals surface area (Å²) in [6.45, 7) is 3.04. The third kappa shape index (κ3) is 3.82. The van der Waals surface area contributed by atoms with Gasteiger partial charge in [-0.05, 0) is 31.2 Å². The molecule has 104 valence electrons. The quantitative estimate of drug-likeness (QED) is 0.821. The summed E-state index contributed by atoms with van der Waals surface area (Å²) in [4.78, 5) is 8.55. The van der Waals surface area contributed by atoms with Crippen molar-refractivity contribution in [2.24, 2.45) is 4.99 Å². The lowest BCUT2D eigenvalue weighted by Crippen LogP contribution is -1.95. The highest BCUT2D eigenvalue weighted by atomic mass is 16.5. The number of aromatic nitrogens is 1. The van der Waals surface area contributed by atoms with Gasteiger partial charge in [-0.3, -0.25) is 9.98 Å². The Hall–Kier alpha value is -2.36. The summed E-state index contributed by atoms with van der Waals surface area (Å²) in [7, 11) is 0. The number of pyridine rings is 1. The molecule has 1 heterocycles. The van der Waals surface area contributed by atoms with E-state index in [9.17, 15) is 5.11 Å². The summed E-state index contributed by atoms with van der Waals surface area (Å²) < 4.78 is 5.33. The third-order valence-electron chi connectivity index (χ3n) is 2.78. The molecular formula is C16H18N2O2. The molecule has 0 spiro atoms. The highest BCUT2D eigenvalue weighted by Gasteiger charge is 2.05. The molecule has 4 nitrogen and oxygen atoms in total. The van der Waals surface area contributed by atoms with Gasteiger partial charge in [-0.25, -0.2) is 0 Å². The van der Waals surface area contributed by atoms with Gasteiger partial charge in [-0.15, -0.1) is 0 Å². The van der Waals surface area contributed by atoms with Gasteiger partial charge in [-0.1, -0.05) is 12.1 Å². The second kappa shape index (κ2) is 7.28. The van der Waals surface area contributed by atoms with Gasteiger partial charge >= 0.3 is 0 Å². The van der Waals surface area contributed by atoms with Crippen LogP contribution in [0.15, 0.2) is 47.6 Å². The lowest BCUT2D eigenvalue weighted by molar-refractivity contribution is 0.318. The third-order valence-corrected chi connectivity index (χ3v) is 2.78. The number of hydrogen-bond acceptors (Lipinski definition) is 4. The minimum atomic E-state index is 0.135. The number of nitrogens with zero attached hydrogens (tertiary/aromatic N) is 2. The Morgan fingerprint density at radius 3 is 2.90 bits per heavy atom. The van der Waals surface area contributed by atoms with Gasteiger partial charge in [0.2, 0.25) is 0 Å². The first-order valence-corrected chi connectivity index (χ1v) is 6.65. The number of hydrogen-bond donors (Lipinski definition) is 1. The van der Waals surface area contributed by atoms with Gasteiger partial charge in [-0.2, -0.15) is 0 Å². The van der Waals surface area contributed by atoms with Crippen LogP contribution in [0.2, 0.25) is 0 Å². The normalized spacial score (nSPS) is 10.8. The Bertz CT molecular complexity index is 568. The summed E-state index contributed by atoms with van der Waals surface area (Å²) in [6.07, 6.45) is 4.22. The van der Waals surface area contributed by atoms with Crippen LogP contribution < -0.4 is 4.74 Å². The molecule has 2 aromatic rings. The largest absolute Gasteiger partial charge is 0.504 e. The van der Waals surface area contributed by atoms with Gasteiger partial charge < -0.3 is 9.84 Å². The maximum Gasteiger partial charge on any atom is 0.166 e. The van der Waals surface area contributed by atoms with E-state index in [4.69, 9.17) is 4.74 Å². The molecule has 2 rings (SSSR count). The Kier molecular flexibility index (Phi) is 5.12. The maximum atomic E-state index is 10.0. The van der Waals surface area contributed by atoms with E-state index in [0.717, 1.165) is 12.1 Å². The molecule has 0 atom stereocenters. The Labute approximate surface area is 118 Å². The fraction of sp³-hybridized carbons (Fsp3) is 0.250. The van der Waals surface area contributed by atoms with Crippen LogP contribution in [0.25, 0.3) is 0 Å². The molecule has 1 aromatic heterocycles. The van der Waals surface area contributed by atoms with Crippen molar-refractivity contribution in [2.45, 2.75) is 13.3 Å². The zero-order chi connectivity index (χ0) is 14.2. The van der Waals surface area contributed by atoms with Crippen molar-refractivity contribution in [1.29, 1.82) is 0 Å². The topological polar surface area (TPSA) is 54.7 Å². The SMILES string of the molecule is CCOc1cccc(C=NCCc2ccccn2)c1O. The standard InChI is InChI=1S/C16H18N2O2/c1-2-20-15-8-5-6-13(16(15)19)12-17-11-9-14-7-3-4-10-18-14/h3-8,10,12,19H,2,9,11H2,1H3. The van der Waals surface area contributed by atoms with Gasteiger partial charge in [0, 0.05) is 36.6 Å². The van der Waals surface area contributed by atoms with Crippen molar-refractivity contribution in [3.8, 4) is 11.5 Å². The summed E-state index contributed by atoms with van der Waals surface area (Å²) in [5.41, 5.74) is 1.67. The van der Waals surface area contributed by atoms with Crippen LogP contribution in [0.1, 0.15) is 18.2 Å². The first kappa shape index (κ1) is 14.1. The van der Waals surface area contributed by atoms with Crippen molar-refractivity contribution >= 4 is 6.21 Å². The van der Waals surface area contributed by atoms with Gasteiger partial charge in [0.05, 0.1) is 6.61 Å². The van der Waals surface area contributed by atoms with E-state index in [0.29, 0.717) is 24.5 Å². The van der Waals surface area contributed by atoms with Crippen LogP contribution in [0, 0.1) is 0 Å². The highest BCUT2D eigenvalue weighted by Crippen LogP contribution is 2.28. The first-order valence-electron chi connectivity index (χ1n) is 6.65. The highest BCUT2D eigenvalue weighted by molar-refractivity contribution is 5.84. The second-order valence-electron chi connectivity index (χ2n) is 4.23. The molecule has 0 radical (unpaired) electrons. The van der Waals surface area contributed by atoms with Crippen LogP contribution in [-0.4, -0.2) is 29.5 Å². The van der Waals surface area contributed by atoms with Crippen molar-refractivity contribution in [1.82, 2.24) is 4.98 Å². The lowest BCUT2D eigenvalue weighted by atomic mass is 10.2. The average molecular weight is 270 g/mol. The second-order valence-corrected chi connectivity index (χ2v) is 4.23. The van der Waals surface area contributed by atoms with E-state index >= 15 is 0 Å². The first-order chi connectivity index (χ1) is 9.81. The zero-order valence-electron chi connectivity index (χ0n) is 11.5. The minimum absolute atomic E-state index is 0.135. The summed E-state index contributed by atoms with van der Waals surface area (Å²) in [5, 5.41) is 10.0. The van der Waals surface area contributed by atoms with E-state index < -0.39 is 0 Å². The van der Waals surface area contributed by atoms with Crippen molar-refractivity contribution in [2.75, 3.05) is 13.2 Å². The summed E-state index contributed by atoms with van der Waals surface area (Å²) in [5.74, 6) is 0.622. The Morgan fingerprint density at radius 2 is 2.15 bits per heavy atom. The van der Waals surface area contributed by atoms with Gasteiger partial charge in [0.25, 0.3) is 0 Å². The summed E-state index contributed by atoms with van der Waals surface area (Å²) in [6, 6.07) is 11.2. The molecule has 20 heavy (non-hydrogen) atoms. The summed E-state index contributed by atoms with van der Waals surface area (Å²) >= 11 is 0. The number of rotatable bonds is 6. The average Bonchev–Trinajstić information content (AvgIpc) is 2.48. The smallest absolute Gasteiger partial charge is 0.166 e. The van der Waals surface area contributed by atoms with Crippen molar-refractivity contribution in [3.05, 3.63) is 53.9 Å². The molecule has 0 saturated carbocycles. The van der Waals surface area contributed by atoms with E-state index in [-0.39, 0.29) is 5.75 Å². The fourth-order valence-corrected chi connectivity index (χ4v) is 1.80. The van der Waals surface area contributed by atoms with Crippen molar-refractivity contribution in [3.63, 3.8) is 0 Å². The fourth-order valence-electron chi connectivity index (χ4n) is 1.80. The number of benzene rings is 1. The number of para-hydroxylation sites is 1. The van der Waals surface area contributed by atoms with Gasteiger partial charge in [0.15, 0.2) is 11.5 Å². The molecule has 0 aliphatic rings. The number of phenols is 1. The predicted molar refractivity (Wildman–Crippen MR) is 79.7 cm³/mol. The predicted octanol–water partition coefficient (Wildman–Crippen LogP) is 2.85. The van der Waals surface area contributed by atoms with Crippen LogP contribution in [-0.2, 0) is 6.42 Å². The van der Waals surface area contributed by atoms with E-state index in [1.165, 1.54) is 0 Å². The zero-order valence-corrected chi connectivity index (χ0v) is 11.5. The molecule has 0 unspecified atom stereocenters. The lowest BCUT2D eigenvalue weighted by Gasteiger charge is -2.07. The molecule has 0 bridgehead atoms. The van der Waals surface area contributed by atoms with E-state index in [2.05, 4.69) is 9.98 Å². The van der Waals surface area contributed by atoms with Crippen LogP contribution in [0.5, 0.6) is 11.5 Å². The minimum Gasteiger partial charge on any atom is -0.504 e. The molecule has 4 heteroatoms. The molecule has 0 fully saturated rings. The van der Waals surface area contributed by atoms with E-state index in [1.54, 1.807) is 18.5 Å². The Morgan fingerprint density at radius 1 is 1.25 bits per heavy atom. The van der Waals surface area contributed by atoms with Gasteiger partial charge in [0.1, 0.15) is 0 Å². The maximum absolute atomic E-state index is 10.0.